The highest BCUT2D eigenvalue weighted by molar-refractivity contribution is 5.96. The number of carbonyl (C=O) groups is 1. The zero-order valence-corrected chi connectivity index (χ0v) is 16.9. The van der Waals surface area contributed by atoms with E-state index in [0.717, 1.165) is 22.4 Å². The summed E-state index contributed by atoms with van der Waals surface area (Å²) >= 11 is 0. The molecular weight excluding hydrogens is 370 g/mol. The van der Waals surface area contributed by atoms with Gasteiger partial charge in [0.15, 0.2) is 0 Å². The highest BCUT2D eigenvalue weighted by atomic mass is 16.5. The quantitative estimate of drug-likeness (QED) is 0.654. The van der Waals surface area contributed by atoms with Crippen LogP contribution in [-0.4, -0.2) is 36.8 Å². The molecule has 0 saturated carbocycles. The van der Waals surface area contributed by atoms with Crippen LogP contribution in [0.25, 0.3) is 11.4 Å². The Kier molecular flexibility index (Phi) is 4.96. The number of carbonyl (C=O) groups excluding carboxylic acids is 1. The lowest BCUT2D eigenvalue weighted by atomic mass is 10.1. The molecule has 0 aliphatic carbocycles. The van der Waals surface area contributed by atoms with E-state index >= 15 is 0 Å². The number of rotatable bonds is 5. The van der Waals surface area contributed by atoms with Crippen LogP contribution in [0.4, 0.5) is 5.69 Å². The smallest absolute Gasteiger partial charge is 0.232 e. The van der Waals surface area contributed by atoms with Crippen LogP contribution in [0.1, 0.15) is 29.4 Å². The maximum Gasteiger partial charge on any atom is 0.232 e. The molecule has 29 heavy (non-hydrogen) atoms. The van der Waals surface area contributed by atoms with Crippen molar-refractivity contribution in [2.24, 2.45) is 0 Å². The minimum atomic E-state index is -0.142. The van der Waals surface area contributed by atoms with Crippen molar-refractivity contribution in [3.8, 4) is 22.9 Å². The van der Waals surface area contributed by atoms with Crippen molar-refractivity contribution in [3.05, 3.63) is 53.4 Å². The molecule has 1 atom stereocenters. The molecule has 1 fully saturated rings. The number of nitrogens with zero attached hydrogens (tertiary/aromatic N) is 3. The van der Waals surface area contributed by atoms with Gasteiger partial charge in [0.25, 0.3) is 0 Å². The predicted octanol–water partition coefficient (Wildman–Crippen LogP) is 3.89. The molecule has 4 rings (SSSR count). The summed E-state index contributed by atoms with van der Waals surface area (Å²) < 4.78 is 16.1. The number of ether oxygens (including phenoxy) is 2. The van der Waals surface area contributed by atoms with Crippen molar-refractivity contribution in [1.29, 1.82) is 0 Å². The summed E-state index contributed by atoms with van der Waals surface area (Å²) in [7, 11) is 3.18. The molecule has 1 amide bonds. The lowest BCUT2D eigenvalue weighted by Gasteiger charge is -2.17. The first-order chi connectivity index (χ1) is 14.0. The van der Waals surface area contributed by atoms with Crippen LogP contribution in [0, 0.1) is 13.8 Å². The number of aromatic nitrogens is 2. The van der Waals surface area contributed by atoms with E-state index in [2.05, 4.69) is 16.2 Å². The Bertz CT molecular complexity index is 1020. The Morgan fingerprint density at radius 3 is 2.28 bits per heavy atom. The molecule has 1 unspecified atom stereocenters. The van der Waals surface area contributed by atoms with Crippen molar-refractivity contribution in [2.75, 3.05) is 25.7 Å². The number of hydrogen-bond donors (Lipinski definition) is 0. The second kappa shape index (κ2) is 7.58. The SMILES string of the molecule is COc1cc(OC)cc(-c2noc(C3CC(=O)N(c4cc(C)cc(C)c4)C3)n2)c1. The topological polar surface area (TPSA) is 77.7 Å². The third-order valence-corrected chi connectivity index (χ3v) is 5.04. The maximum absolute atomic E-state index is 12.6. The van der Waals surface area contributed by atoms with E-state index in [0.29, 0.717) is 36.2 Å². The van der Waals surface area contributed by atoms with Gasteiger partial charge in [-0.1, -0.05) is 11.2 Å². The van der Waals surface area contributed by atoms with E-state index in [4.69, 9.17) is 14.0 Å². The van der Waals surface area contributed by atoms with Crippen LogP contribution in [-0.2, 0) is 4.79 Å². The molecule has 150 valence electrons. The summed E-state index contributed by atoms with van der Waals surface area (Å²) in [6.45, 7) is 4.58. The predicted molar refractivity (Wildman–Crippen MR) is 108 cm³/mol. The molecule has 7 heteroatoms. The van der Waals surface area contributed by atoms with E-state index in [-0.39, 0.29) is 11.8 Å². The van der Waals surface area contributed by atoms with Gasteiger partial charge in [-0.25, -0.2) is 0 Å². The summed E-state index contributed by atoms with van der Waals surface area (Å²) in [6.07, 6.45) is 0.343. The molecular formula is C22H23N3O4. The number of anilines is 1. The lowest BCUT2D eigenvalue weighted by Crippen LogP contribution is -2.24. The maximum atomic E-state index is 12.6. The Morgan fingerprint density at radius 2 is 1.66 bits per heavy atom. The molecule has 2 heterocycles. The first-order valence-corrected chi connectivity index (χ1v) is 9.42. The van der Waals surface area contributed by atoms with Crippen LogP contribution < -0.4 is 14.4 Å². The van der Waals surface area contributed by atoms with E-state index < -0.39 is 0 Å². The van der Waals surface area contributed by atoms with Crippen molar-refractivity contribution in [3.63, 3.8) is 0 Å². The van der Waals surface area contributed by atoms with E-state index in [9.17, 15) is 4.79 Å². The second-order valence-electron chi connectivity index (χ2n) is 7.31. The third-order valence-electron chi connectivity index (χ3n) is 5.04. The monoisotopic (exact) mass is 393 g/mol. The van der Waals surface area contributed by atoms with Crippen molar-refractivity contribution >= 4 is 11.6 Å². The van der Waals surface area contributed by atoms with Crippen LogP contribution in [0.2, 0.25) is 0 Å². The van der Waals surface area contributed by atoms with E-state index in [1.165, 1.54) is 0 Å². The highest BCUT2D eigenvalue weighted by Gasteiger charge is 2.35. The minimum absolute atomic E-state index is 0.0581. The van der Waals surface area contributed by atoms with Gasteiger partial charge in [-0.05, 0) is 49.2 Å². The molecule has 1 aromatic heterocycles. The Balaban J connectivity index is 1.58. The number of hydrogen-bond acceptors (Lipinski definition) is 6. The first kappa shape index (κ1) is 19.0. The van der Waals surface area contributed by atoms with Gasteiger partial charge < -0.3 is 18.9 Å². The average molecular weight is 393 g/mol. The molecule has 0 bridgehead atoms. The van der Waals surface area contributed by atoms with Gasteiger partial charge in [0.05, 0.1) is 20.1 Å². The van der Waals surface area contributed by atoms with Crippen LogP contribution in [0.15, 0.2) is 40.9 Å². The normalized spacial score (nSPS) is 16.3. The summed E-state index contributed by atoms with van der Waals surface area (Å²) in [5, 5.41) is 4.11. The standard InChI is InChI=1S/C22H23N3O4/c1-13-5-14(2)7-17(6-13)25-12-16(10-20(25)26)22-23-21(24-29-22)15-8-18(27-3)11-19(9-15)28-4/h5-9,11,16H,10,12H2,1-4H3. The van der Waals surface area contributed by atoms with E-state index in [1.807, 2.05) is 38.1 Å². The van der Waals surface area contributed by atoms with Crippen LogP contribution >= 0.6 is 0 Å². The third kappa shape index (κ3) is 3.81. The van der Waals surface area contributed by atoms with Gasteiger partial charge in [0.2, 0.25) is 17.6 Å². The minimum Gasteiger partial charge on any atom is -0.497 e. The molecule has 0 spiro atoms. The van der Waals surface area contributed by atoms with Gasteiger partial charge in [-0.2, -0.15) is 4.98 Å². The average Bonchev–Trinajstić information content (AvgIpc) is 3.33. The molecule has 2 aromatic carbocycles. The van der Waals surface area contributed by atoms with Crippen LogP contribution in [0.3, 0.4) is 0 Å². The number of methoxy groups -OCH3 is 2. The Hall–Kier alpha value is -3.35. The molecule has 7 nitrogen and oxygen atoms in total. The van der Waals surface area contributed by atoms with Gasteiger partial charge in [-0.15, -0.1) is 0 Å². The van der Waals surface area contributed by atoms with Crippen molar-refractivity contribution in [1.82, 2.24) is 10.1 Å². The highest BCUT2D eigenvalue weighted by Crippen LogP contribution is 2.34. The summed E-state index contributed by atoms with van der Waals surface area (Å²) in [4.78, 5) is 19.0. The zero-order valence-electron chi connectivity index (χ0n) is 16.9. The number of amides is 1. The molecule has 3 aromatic rings. The summed E-state index contributed by atoms with van der Waals surface area (Å²) in [5.74, 6) is 2.10. The Labute approximate surface area is 169 Å². The molecule has 1 aliphatic rings. The zero-order chi connectivity index (χ0) is 20.5. The molecule has 0 N–H and O–H groups in total. The fourth-order valence-electron chi connectivity index (χ4n) is 3.68. The second-order valence-corrected chi connectivity index (χ2v) is 7.31. The number of benzene rings is 2. The van der Waals surface area contributed by atoms with Gasteiger partial charge in [0.1, 0.15) is 11.5 Å². The molecule has 1 saturated heterocycles. The van der Waals surface area contributed by atoms with Crippen molar-refractivity contribution < 1.29 is 18.8 Å². The number of aryl methyl sites for hydroxylation is 2. The van der Waals surface area contributed by atoms with E-state index in [1.54, 1.807) is 25.2 Å². The molecule has 1 aliphatic heterocycles. The lowest BCUT2D eigenvalue weighted by molar-refractivity contribution is -0.117. The largest absolute Gasteiger partial charge is 0.497 e. The fourth-order valence-corrected chi connectivity index (χ4v) is 3.68. The summed E-state index contributed by atoms with van der Waals surface area (Å²) in [5.41, 5.74) is 3.89. The van der Waals surface area contributed by atoms with Gasteiger partial charge in [-0.3, -0.25) is 4.79 Å². The fraction of sp³-hybridized carbons (Fsp3) is 0.318. The first-order valence-electron chi connectivity index (χ1n) is 9.42. The Morgan fingerprint density at radius 1 is 1.00 bits per heavy atom. The van der Waals surface area contributed by atoms with Gasteiger partial charge >= 0.3 is 0 Å². The van der Waals surface area contributed by atoms with Gasteiger partial charge in [0, 0.05) is 30.3 Å². The van der Waals surface area contributed by atoms with Crippen LogP contribution in [0.5, 0.6) is 11.5 Å². The van der Waals surface area contributed by atoms with Crippen molar-refractivity contribution in [2.45, 2.75) is 26.2 Å². The summed E-state index contributed by atoms with van der Waals surface area (Å²) in [6, 6.07) is 11.6. The molecule has 0 radical (unpaired) electrons.